The van der Waals surface area contributed by atoms with Gasteiger partial charge in [-0.1, -0.05) is 24.3 Å². The zero-order chi connectivity index (χ0) is 14.9. The summed E-state index contributed by atoms with van der Waals surface area (Å²) in [6.07, 6.45) is 0. The summed E-state index contributed by atoms with van der Waals surface area (Å²) in [5, 5.41) is 11.3. The van der Waals surface area contributed by atoms with E-state index < -0.39 is 30.0 Å². The van der Waals surface area contributed by atoms with Gasteiger partial charge in [0.1, 0.15) is 12.1 Å². The van der Waals surface area contributed by atoms with E-state index in [-0.39, 0.29) is 0 Å². The van der Waals surface area contributed by atoms with Gasteiger partial charge in [0.05, 0.1) is 0 Å². The Hall–Kier alpha value is -2.41. The standard InChI is InChI=1S/C13H15N3O4/c1-13(9-4-2-8(6-14)3-5-9)11(19)16(7-10(17)18)12(20)15-13/h2-5H,6-7,14H2,1H3,(H,15,20)(H,17,18)/t13-/m0/s1. The van der Waals surface area contributed by atoms with Gasteiger partial charge in [-0.05, 0) is 18.1 Å². The molecule has 1 aliphatic rings. The summed E-state index contributed by atoms with van der Waals surface area (Å²) in [4.78, 5) is 35.4. The molecule has 1 aromatic rings. The van der Waals surface area contributed by atoms with E-state index in [1.807, 2.05) is 0 Å². The van der Waals surface area contributed by atoms with Crippen LogP contribution in [0.25, 0.3) is 0 Å². The molecule has 0 bridgehead atoms. The third-order valence-corrected chi connectivity index (χ3v) is 3.34. The molecular weight excluding hydrogens is 262 g/mol. The van der Waals surface area contributed by atoms with Gasteiger partial charge >= 0.3 is 12.0 Å². The summed E-state index contributed by atoms with van der Waals surface area (Å²) in [5.74, 6) is -1.82. The molecule has 1 fully saturated rings. The molecule has 3 amide bonds. The van der Waals surface area contributed by atoms with Crippen molar-refractivity contribution < 1.29 is 19.5 Å². The second-order valence-corrected chi connectivity index (χ2v) is 4.74. The number of hydrogen-bond donors (Lipinski definition) is 3. The second-order valence-electron chi connectivity index (χ2n) is 4.74. The minimum Gasteiger partial charge on any atom is -0.480 e. The molecule has 1 heterocycles. The summed E-state index contributed by atoms with van der Waals surface area (Å²) in [7, 11) is 0. The van der Waals surface area contributed by atoms with E-state index in [2.05, 4.69) is 5.32 Å². The number of carbonyl (C=O) groups is 3. The maximum Gasteiger partial charge on any atom is 0.325 e. The fourth-order valence-corrected chi connectivity index (χ4v) is 2.15. The van der Waals surface area contributed by atoms with E-state index in [1.54, 1.807) is 31.2 Å². The Morgan fingerprint density at radius 2 is 1.95 bits per heavy atom. The van der Waals surface area contributed by atoms with Crippen LogP contribution >= 0.6 is 0 Å². The van der Waals surface area contributed by atoms with E-state index in [1.165, 1.54) is 0 Å². The number of urea groups is 1. The van der Waals surface area contributed by atoms with Crippen molar-refractivity contribution in [2.24, 2.45) is 5.73 Å². The molecule has 1 atom stereocenters. The van der Waals surface area contributed by atoms with E-state index in [0.717, 1.165) is 5.56 Å². The fraction of sp³-hybridized carbons (Fsp3) is 0.308. The Kier molecular flexibility index (Phi) is 3.46. The molecule has 0 radical (unpaired) electrons. The van der Waals surface area contributed by atoms with Gasteiger partial charge in [0, 0.05) is 6.54 Å². The molecule has 20 heavy (non-hydrogen) atoms. The highest BCUT2D eigenvalue weighted by molar-refractivity contribution is 6.08. The molecule has 0 unspecified atom stereocenters. The first-order chi connectivity index (χ1) is 9.38. The molecule has 106 valence electrons. The van der Waals surface area contributed by atoms with Crippen LogP contribution < -0.4 is 11.1 Å². The molecule has 7 heteroatoms. The topological polar surface area (TPSA) is 113 Å². The molecule has 1 aromatic carbocycles. The van der Waals surface area contributed by atoms with Crippen LogP contribution in [0, 0.1) is 0 Å². The summed E-state index contributed by atoms with van der Waals surface area (Å²) in [5.41, 5.74) is 5.74. The number of nitrogens with zero attached hydrogens (tertiary/aromatic N) is 1. The number of hydrogen-bond acceptors (Lipinski definition) is 4. The lowest BCUT2D eigenvalue weighted by atomic mass is 9.91. The van der Waals surface area contributed by atoms with E-state index in [4.69, 9.17) is 10.8 Å². The summed E-state index contributed by atoms with van der Waals surface area (Å²) < 4.78 is 0. The number of nitrogens with two attached hydrogens (primary N) is 1. The van der Waals surface area contributed by atoms with Crippen LogP contribution in [0.5, 0.6) is 0 Å². The molecular formula is C13H15N3O4. The molecule has 2 rings (SSSR count). The number of amides is 3. The summed E-state index contributed by atoms with van der Waals surface area (Å²) in [6, 6.07) is 6.22. The maximum atomic E-state index is 12.3. The highest BCUT2D eigenvalue weighted by atomic mass is 16.4. The number of nitrogens with one attached hydrogen (secondary N) is 1. The Balaban J connectivity index is 2.32. The lowest BCUT2D eigenvalue weighted by Crippen LogP contribution is -2.41. The number of carboxylic acid groups (broad SMARTS) is 1. The summed E-state index contributed by atoms with van der Waals surface area (Å²) in [6.45, 7) is 1.27. The Bertz CT molecular complexity index is 569. The number of carbonyl (C=O) groups excluding carboxylic acids is 2. The highest BCUT2D eigenvalue weighted by Crippen LogP contribution is 2.28. The van der Waals surface area contributed by atoms with Gasteiger partial charge < -0.3 is 16.2 Å². The molecule has 1 saturated heterocycles. The van der Waals surface area contributed by atoms with E-state index in [0.29, 0.717) is 17.0 Å². The van der Waals surface area contributed by atoms with Crippen molar-refractivity contribution in [1.82, 2.24) is 10.2 Å². The molecule has 0 aromatic heterocycles. The number of carboxylic acids is 1. The monoisotopic (exact) mass is 277 g/mol. The number of benzene rings is 1. The number of rotatable bonds is 4. The van der Waals surface area contributed by atoms with Crippen molar-refractivity contribution in [3.63, 3.8) is 0 Å². The Morgan fingerprint density at radius 3 is 2.45 bits per heavy atom. The SMILES string of the molecule is C[C@@]1(c2ccc(CN)cc2)NC(=O)N(CC(=O)O)C1=O. The van der Waals surface area contributed by atoms with Gasteiger partial charge in [0.2, 0.25) is 0 Å². The first kappa shape index (κ1) is 14.0. The van der Waals surface area contributed by atoms with Crippen LogP contribution in [0.3, 0.4) is 0 Å². The average molecular weight is 277 g/mol. The van der Waals surface area contributed by atoms with Crippen LogP contribution in [0.15, 0.2) is 24.3 Å². The first-order valence-electron chi connectivity index (χ1n) is 6.04. The summed E-state index contributed by atoms with van der Waals surface area (Å²) >= 11 is 0. The van der Waals surface area contributed by atoms with Crippen molar-refractivity contribution in [3.05, 3.63) is 35.4 Å². The van der Waals surface area contributed by atoms with Crippen LogP contribution in [0.1, 0.15) is 18.1 Å². The van der Waals surface area contributed by atoms with Gasteiger partial charge in [-0.15, -0.1) is 0 Å². The van der Waals surface area contributed by atoms with Crippen molar-refractivity contribution in [3.8, 4) is 0 Å². The quantitative estimate of drug-likeness (QED) is 0.670. The fourth-order valence-electron chi connectivity index (χ4n) is 2.15. The molecule has 7 nitrogen and oxygen atoms in total. The maximum absolute atomic E-state index is 12.3. The smallest absolute Gasteiger partial charge is 0.325 e. The Morgan fingerprint density at radius 1 is 1.35 bits per heavy atom. The van der Waals surface area contributed by atoms with E-state index >= 15 is 0 Å². The highest BCUT2D eigenvalue weighted by Gasteiger charge is 2.49. The lowest BCUT2D eigenvalue weighted by molar-refractivity contribution is -0.142. The van der Waals surface area contributed by atoms with E-state index in [9.17, 15) is 14.4 Å². The zero-order valence-corrected chi connectivity index (χ0v) is 10.9. The minimum absolute atomic E-state index is 0.377. The molecule has 1 aliphatic heterocycles. The molecule has 4 N–H and O–H groups in total. The van der Waals surface area contributed by atoms with Crippen LogP contribution in [0.4, 0.5) is 4.79 Å². The third-order valence-electron chi connectivity index (χ3n) is 3.34. The number of imide groups is 1. The largest absolute Gasteiger partial charge is 0.480 e. The number of aliphatic carboxylic acids is 1. The molecule has 0 aliphatic carbocycles. The third kappa shape index (κ3) is 2.23. The Labute approximate surface area is 115 Å². The van der Waals surface area contributed by atoms with Gasteiger partial charge in [0.15, 0.2) is 0 Å². The van der Waals surface area contributed by atoms with Gasteiger partial charge in [-0.25, -0.2) is 4.79 Å². The van der Waals surface area contributed by atoms with Gasteiger partial charge in [-0.2, -0.15) is 0 Å². The normalized spacial score (nSPS) is 22.0. The average Bonchev–Trinajstić information content (AvgIpc) is 2.63. The van der Waals surface area contributed by atoms with Crippen LogP contribution in [-0.4, -0.2) is 34.5 Å². The molecule has 0 saturated carbocycles. The minimum atomic E-state index is -1.25. The van der Waals surface area contributed by atoms with Gasteiger partial charge in [0.25, 0.3) is 5.91 Å². The first-order valence-corrected chi connectivity index (χ1v) is 6.04. The van der Waals surface area contributed by atoms with Gasteiger partial charge in [-0.3, -0.25) is 14.5 Å². The predicted molar refractivity (Wildman–Crippen MR) is 69.6 cm³/mol. The lowest BCUT2D eigenvalue weighted by Gasteiger charge is -2.22. The van der Waals surface area contributed by atoms with Crippen molar-refractivity contribution >= 4 is 17.9 Å². The second kappa shape index (κ2) is 4.93. The van der Waals surface area contributed by atoms with Crippen molar-refractivity contribution in [2.75, 3.05) is 6.54 Å². The zero-order valence-electron chi connectivity index (χ0n) is 10.9. The van der Waals surface area contributed by atoms with Crippen LogP contribution in [-0.2, 0) is 21.7 Å². The molecule has 0 spiro atoms. The predicted octanol–water partition coefficient (Wildman–Crippen LogP) is -0.00310. The van der Waals surface area contributed by atoms with Crippen molar-refractivity contribution in [1.29, 1.82) is 0 Å². The van der Waals surface area contributed by atoms with Crippen LogP contribution in [0.2, 0.25) is 0 Å². The van der Waals surface area contributed by atoms with Crippen molar-refractivity contribution in [2.45, 2.75) is 19.0 Å².